The maximum Gasteiger partial charge on any atom is 0.169 e. The molecule has 0 bridgehead atoms. The average molecular weight is 166 g/mol. The van der Waals surface area contributed by atoms with Gasteiger partial charge in [0.15, 0.2) is 5.65 Å². The first-order chi connectivity index (χ1) is 5.29. The van der Waals surface area contributed by atoms with Gasteiger partial charge < -0.3 is 4.34 Å². The van der Waals surface area contributed by atoms with Crippen molar-refractivity contribution in [2.75, 3.05) is 0 Å². The molecule has 0 saturated carbocycles. The summed E-state index contributed by atoms with van der Waals surface area (Å²) in [6.45, 7) is 1.92. The molecule has 2 aromatic heterocycles. The molecule has 4 nitrogen and oxygen atoms in total. The Morgan fingerprint density at radius 3 is 3.00 bits per heavy atom. The topological polar surface area (TPSA) is 43.6 Å². The highest BCUT2D eigenvalue weighted by Gasteiger charge is 2.02. The van der Waals surface area contributed by atoms with Crippen molar-refractivity contribution in [3.05, 3.63) is 18.0 Å². The summed E-state index contributed by atoms with van der Waals surface area (Å²) >= 11 is 0. The Morgan fingerprint density at radius 1 is 1.45 bits per heavy atom. The van der Waals surface area contributed by atoms with Gasteiger partial charge in [0.25, 0.3) is 0 Å². The number of rotatable bonds is 0. The summed E-state index contributed by atoms with van der Waals surface area (Å²) < 4.78 is 1.84. The first kappa shape index (κ1) is 6.68. The Morgan fingerprint density at radius 2 is 2.27 bits per heavy atom. The van der Waals surface area contributed by atoms with E-state index >= 15 is 0 Å². The Labute approximate surface area is 65.9 Å². The summed E-state index contributed by atoms with van der Waals surface area (Å²) in [4.78, 5) is 0. The number of nitrogens with zero attached hydrogens (tertiary/aromatic N) is 4. The maximum absolute atomic E-state index is 3.88. The fourth-order valence-corrected chi connectivity index (χ4v) is 1.29. The van der Waals surface area contributed by atoms with Crippen molar-refractivity contribution in [1.29, 1.82) is 0 Å². The van der Waals surface area contributed by atoms with E-state index < -0.39 is 0 Å². The van der Waals surface area contributed by atoms with Gasteiger partial charge in [-0.25, -0.2) is 0 Å². The SMILES string of the molecule is Cc1nnnc2c1ccn2P. The molecule has 2 rings (SSSR count). The van der Waals surface area contributed by atoms with Crippen molar-refractivity contribution in [2.45, 2.75) is 6.92 Å². The molecule has 2 heterocycles. The van der Waals surface area contributed by atoms with Gasteiger partial charge in [-0.3, -0.25) is 0 Å². The van der Waals surface area contributed by atoms with Crippen molar-refractivity contribution < 1.29 is 0 Å². The number of aryl methyl sites for hydroxylation is 1. The highest BCUT2D eigenvalue weighted by molar-refractivity contribution is 7.14. The van der Waals surface area contributed by atoms with Crippen LogP contribution < -0.4 is 0 Å². The molecule has 5 heteroatoms. The molecule has 0 aliphatic rings. The third-order valence-electron chi connectivity index (χ3n) is 1.61. The molecule has 0 fully saturated rings. The lowest BCUT2D eigenvalue weighted by molar-refractivity contribution is 0.862. The molecule has 1 atom stereocenters. The normalized spacial score (nSPS) is 10.7. The van der Waals surface area contributed by atoms with Crippen LogP contribution in [-0.2, 0) is 0 Å². The minimum absolute atomic E-state index is 0.850. The second-order valence-corrected chi connectivity index (χ2v) is 2.89. The van der Waals surface area contributed by atoms with Crippen molar-refractivity contribution in [3.8, 4) is 0 Å². The van der Waals surface area contributed by atoms with Crippen LogP contribution in [0.15, 0.2) is 12.3 Å². The number of hydrogen-bond acceptors (Lipinski definition) is 3. The van der Waals surface area contributed by atoms with Crippen molar-refractivity contribution in [1.82, 2.24) is 19.7 Å². The quantitative estimate of drug-likeness (QED) is 0.543. The minimum atomic E-state index is 0.850. The van der Waals surface area contributed by atoms with Crippen LogP contribution in [0.2, 0.25) is 0 Å². The van der Waals surface area contributed by atoms with Crippen molar-refractivity contribution in [3.63, 3.8) is 0 Å². The van der Waals surface area contributed by atoms with Gasteiger partial charge in [0.2, 0.25) is 0 Å². The summed E-state index contributed by atoms with van der Waals surface area (Å²) in [5, 5.41) is 12.4. The van der Waals surface area contributed by atoms with E-state index in [9.17, 15) is 0 Å². The van der Waals surface area contributed by atoms with Crippen LogP contribution in [0.3, 0.4) is 0 Å². The predicted molar refractivity (Wildman–Crippen MR) is 45.2 cm³/mol. The monoisotopic (exact) mass is 166 g/mol. The van der Waals surface area contributed by atoms with E-state index in [4.69, 9.17) is 0 Å². The molecular weight excluding hydrogens is 159 g/mol. The molecule has 0 radical (unpaired) electrons. The van der Waals surface area contributed by atoms with Crippen LogP contribution >= 0.6 is 9.39 Å². The second-order valence-electron chi connectivity index (χ2n) is 2.34. The van der Waals surface area contributed by atoms with Crippen molar-refractivity contribution >= 4 is 20.4 Å². The molecule has 1 unspecified atom stereocenters. The molecule has 0 N–H and O–H groups in total. The third-order valence-corrected chi connectivity index (χ3v) is 2.03. The maximum atomic E-state index is 3.88. The summed E-state index contributed by atoms with van der Waals surface area (Å²) in [7, 11) is 2.54. The Kier molecular flexibility index (Phi) is 1.36. The van der Waals surface area contributed by atoms with E-state index in [0.29, 0.717) is 0 Å². The molecule has 2 aromatic rings. The summed E-state index contributed by atoms with van der Waals surface area (Å²) in [5.41, 5.74) is 1.76. The number of hydrogen-bond donors (Lipinski definition) is 0. The van der Waals surface area contributed by atoms with Crippen LogP contribution in [0.4, 0.5) is 0 Å². The zero-order chi connectivity index (χ0) is 7.84. The smallest absolute Gasteiger partial charge is 0.169 e. The van der Waals surface area contributed by atoms with E-state index in [1.807, 2.05) is 23.5 Å². The van der Waals surface area contributed by atoms with Gasteiger partial charge in [-0.15, -0.1) is 10.2 Å². The molecule has 0 saturated heterocycles. The van der Waals surface area contributed by atoms with E-state index in [-0.39, 0.29) is 0 Å². The molecule has 56 valence electrons. The molecular formula is C6H7N4P. The zero-order valence-electron chi connectivity index (χ0n) is 6.02. The molecule has 11 heavy (non-hydrogen) atoms. The standard InChI is InChI=1S/C6H7N4P/c1-4-5-2-3-10(11)6(5)8-9-7-4/h2-3H,11H2,1H3. The fraction of sp³-hybridized carbons (Fsp3) is 0.167. The molecule has 0 spiro atoms. The second kappa shape index (κ2) is 2.24. The van der Waals surface area contributed by atoms with Gasteiger partial charge in [0.1, 0.15) is 0 Å². The molecule has 0 amide bonds. The minimum Gasteiger partial charge on any atom is -0.315 e. The summed E-state index contributed by atoms with van der Waals surface area (Å²) in [6.07, 6.45) is 1.92. The molecule has 0 aliphatic heterocycles. The largest absolute Gasteiger partial charge is 0.315 e. The highest BCUT2D eigenvalue weighted by atomic mass is 31.0. The average Bonchev–Trinajstić information content (AvgIpc) is 2.35. The van der Waals surface area contributed by atoms with E-state index in [1.165, 1.54) is 0 Å². The van der Waals surface area contributed by atoms with Crippen LogP contribution in [-0.4, -0.2) is 19.7 Å². The Bertz CT molecular complexity index is 394. The van der Waals surface area contributed by atoms with Gasteiger partial charge in [-0.2, -0.15) is 0 Å². The lowest BCUT2D eigenvalue weighted by Gasteiger charge is -1.93. The predicted octanol–water partition coefficient (Wildman–Crippen LogP) is 0.773. The first-order valence-corrected chi connectivity index (χ1v) is 3.73. The number of aromatic nitrogens is 4. The van der Waals surface area contributed by atoms with E-state index in [2.05, 4.69) is 24.8 Å². The van der Waals surface area contributed by atoms with Gasteiger partial charge in [-0.1, -0.05) is 0 Å². The number of fused-ring (bicyclic) bond motifs is 1. The summed E-state index contributed by atoms with van der Waals surface area (Å²) in [6, 6.07) is 1.97. The van der Waals surface area contributed by atoms with E-state index in [0.717, 1.165) is 16.7 Å². The first-order valence-electron chi connectivity index (χ1n) is 3.21. The fourth-order valence-electron chi connectivity index (χ4n) is 1.01. The van der Waals surface area contributed by atoms with Gasteiger partial charge >= 0.3 is 0 Å². The van der Waals surface area contributed by atoms with Gasteiger partial charge in [0, 0.05) is 11.6 Å². The van der Waals surface area contributed by atoms with Crippen LogP contribution in [0, 0.1) is 6.92 Å². The molecule has 0 aromatic carbocycles. The van der Waals surface area contributed by atoms with Gasteiger partial charge in [0.05, 0.1) is 5.69 Å². The zero-order valence-corrected chi connectivity index (χ0v) is 7.18. The lowest BCUT2D eigenvalue weighted by atomic mass is 10.3. The van der Waals surface area contributed by atoms with Crippen molar-refractivity contribution in [2.24, 2.45) is 0 Å². The van der Waals surface area contributed by atoms with E-state index in [1.54, 1.807) is 0 Å². The Balaban J connectivity index is 2.94. The third kappa shape index (κ3) is 0.906. The molecule has 0 aliphatic carbocycles. The summed E-state index contributed by atoms with van der Waals surface area (Å²) in [5.74, 6) is 0. The van der Waals surface area contributed by atoms with Crippen LogP contribution in [0.1, 0.15) is 5.69 Å². The van der Waals surface area contributed by atoms with Crippen LogP contribution in [0.5, 0.6) is 0 Å². The van der Waals surface area contributed by atoms with Gasteiger partial charge in [-0.05, 0) is 27.6 Å². The highest BCUT2D eigenvalue weighted by Crippen LogP contribution is 2.15. The lowest BCUT2D eigenvalue weighted by Crippen LogP contribution is -1.92. The Hall–Kier alpha value is -1.02. The van der Waals surface area contributed by atoms with Crippen LogP contribution in [0.25, 0.3) is 11.0 Å².